The molecule has 1 fully saturated rings. The largest absolute Gasteiger partial charge is 0.325 e. The average molecular weight is 231 g/mol. The molecule has 2 N–H and O–H groups in total. The van der Waals surface area contributed by atoms with Crippen LogP contribution in [0.1, 0.15) is 57.1 Å². The van der Waals surface area contributed by atoms with Gasteiger partial charge in [0.1, 0.15) is 0 Å². The Labute approximate surface area is 105 Å². The SMILES string of the molecule is CC1CCC(N)(Cc2ccc(C(C)C)cc2)C1. The second-order valence-corrected chi connectivity index (χ2v) is 6.28. The fraction of sp³-hybridized carbons (Fsp3) is 0.625. The van der Waals surface area contributed by atoms with Gasteiger partial charge in [-0.25, -0.2) is 0 Å². The minimum atomic E-state index is 0.0543. The average Bonchev–Trinajstić information content (AvgIpc) is 2.59. The van der Waals surface area contributed by atoms with E-state index in [-0.39, 0.29) is 5.54 Å². The molecule has 1 aliphatic carbocycles. The van der Waals surface area contributed by atoms with Gasteiger partial charge < -0.3 is 5.73 Å². The third-order valence-electron chi connectivity index (χ3n) is 4.09. The lowest BCUT2D eigenvalue weighted by molar-refractivity contribution is 0.419. The van der Waals surface area contributed by atoms with Crippen LogP contribution in [0, 0.1) is 5.92 Å². The van der Waals surface area contributed by atoms with E-state index in [9.17, 15) is 0 Å². The van der Waals surface area contributed by atoms with Crippen LogP contribution >= 0.6 is 0 Å². The van der Waals surface area contributed by atoms with Gasteiger partial charge in [0, 0.05) is 5.54 Å². The first kappa shape index (κ1) is 12.6. The van der Waals surface area contributed by atoms with Crippen LogP contribution in [-0.2, 0) is 6.42 Å². The minimum Gasteiger partial charge on any atom is -0.325 e. The van der Waals surface area contributed by atoms with E-state index in [1.165, 1.54) is 30.4 Å². The van der Waals surface area contributed by atoms with Gasteiger partial charge in [-0.05, 0) is 48.6 Å². The summed E-state index contributed by atoms with van der Waals surface area (Å²) >= 11 is 0. The molecule has 0 aliphatic heterocycles. The Hall–Kier alpha value is -0.820. The topological polar surface area (TPSA) is 26.0 Å². The Morgan fingerprint density at radius 1 is 1.29 bits per heavy atom. The Balaban J connectivity index is 2.04. The monoisotopic (exact) mass is 231 g/mol. The molecule has 0 heterocycles. The zero-order valence-corrected chi connectivity index (χ0v) is 11.4. The van der Waals surface area contributed by atoms with E-state index in [2.05, 4.69) is 45.0 Å². The predicted octanol–water partition coefficient (Wildman–Crippen LogP) is 3.87. The molecule has 1 heteroatoms. The Morgan fingerprint density at radius 2 is 1.94 bits per heavy atom. The van der Waals surface area contributed by atoms with Crippen LogP contribution in [0.4, 0.5) is 0 Å². The normalized spacial score (nSPS) is 28.9. The summed E-state index contributed by atoms with van der Waals surface area (Å²) in [6.07, 6.45) is 4.69. The molecule has 17 heavy (non-hydrogen) atoms. The Morgan fingerprint density at radius 3 is 2.41 bits per heavy atom. The molecule has 0 saturated heterocycles. The summed E-state index contributed by atoms with van der Waals surface area (Å²) in [5, 5.41) is 0. The zero-order valence-electron chi connectivity index (χ0n) is 11.4. The first-order valence-electron chi connectivity index (χ1n) is 6.86. The minimum absolute atomic E-state index is 0.0543. The maximum atomic E-state index is 6.48. The molecule has 2 unspecified atom stereocenters. The van der Waals surface area contributed by atoms with Gasteiger partial charge in [-0.15, -0.1) is 0 Å². The number of benzene rings is 1. The highest BCUT2D eigenvalue weighted by molar-refractivity contribution is 5.26. The third-order valence-corrected chi connectivity index (χ3v) is 4.09. The van der Waals surface area contributed by atoms with Crippen molar-refractivity contribution < 1.29 is 0 Å². The lowest BCUT2D eigenvalue weighted by atomic mass is 9.88. The van der Waals surface area contributed by atoms with E-state index in [0.29, 0.717) is 5.92 Å². The summed E-state index contributed by atoms with van der Waals surface area (Å²) < 4.78 is 0. The van der Waals surface area contributed by atoms with E-state index >= 15 is 0 Å². The molecule has 2 rings (SSSR count). The highest BCUT2D eigenvalue weighted by Crippen LogP contribution is 2.34. The highest BCUT2D eigenvalue weighted by atomic mass is 14.8. The fourth-order valence-corrected chi connectivity index (χ4v) is 3.02. The van der Waals surface area contributed by atoms with Crippen LogP contribution in [-0.4, -0.2) is 5.54 Å². The summed E-state index contributed by atoms with van der Waals surface area (Å²) in [6, 6.07) is 9.02. The van der Waals surface area contributed by atoms with E-state index < -0.39 is 0 Å². The van der Waals surface area contributed by atoms with Crippen molar-refractivity contribution in [2.24, 2.45) is 11.7 Å². The second-order valence-electron chi connectivity index (χ2n) is 6.28. The standard InChI is InChI=1S/C16H25N/c1-12(2)15-6-4-14(5-7-15)11-16(17)9-8-13(3)10-16/h4-7,12-13H,8-11,17H2,1-3H3. The number of hydrogen-bond acceptors (Lipinski definition) is 1. The first-order chi connectivity index (χ1) is 7.98. The molecule has 0 aromatic heterocycles. The molecule has 1 saturated carbocycles. The molecular weight excluding hydrogens is 206 g/mol. The maximum Gasteiger partial charge on any atom is 0.0197 e. The van der Waals surface area contributed by atoms with E-state index in [1.54, 1.807) is 0 Å². The zero-order chi connectivity index (χ0) is 12.5. The summed E-state index contributed by atoms with van der Waals surface area (Å²) in [5.41, 5.74) is 9.34. The lowest BCUT2D eigenvalue weighted by Crippen LogP contribution is -2.39. The molecule has 1 aromatic carbocycles. The van der Waals surface area contributed by atoms with Crippen LogP contribution in [0.2, 0.25) is 0 Å². The van der Waals surface area contributed by atoms with Crippen molar-refractivity contribution in [2.45, 2.75) is 57.9 Å². The van der Waals surface area contributed by atoms with E-state index in [1.807, 2.05) is 0 Å². The van der Waals surface area contributed by atoms with Gasteiger partial charge >= 0.3 is 0 Å². The van der Waals surface area contributed by atoms with Gasteiger partial charge in [0.2, 0.25) is 0 Å². The molecule has 2 atom stereocenters. The Kier molecular flexibility index (Phi) is 3.58. The van der Waals surface area contributed by atoms with E-state index in [0.717, 1.165) is 12.3 Å². The molecule has 0 spiro atoms. The highest BCUT2D eigenvalue weighted by Gasteiger charge is 2.33. The smallest absolute Gasteiger partial charge is 0.0197 e. The van der Waals surface area contributed by atoms with Gasteiger partial charge in [-0.3, -0.25) is 0 Å². The van der Waals surface area contributed by atoms with Gasteiger partial charge in [0.25, 0.3) is 0 Å². The summed E-state index contributed by atoms with van der Waals surface area (Å²) in [5.74, 6) is 1.41. The second kappa shape index (κ2) is 4.81. The van der Waals surface area contributed by atoms with Crippen LogP contribution in [0.15, 0.2) is 24.3 Å². The fourth-order valence-electron chi connectivity index (χ4n) is 3.02. The van der Waals surface area contributed by atoms with Crippen LogP contribution in [0.25, 0.3) is 0 Å². The summed E-state index contributed by atoms with van der Waals surface area (Å²) in [7, 11) is 0. The number of hydrogen-bond donors (Lipinski definition) is 1. The summed E-state index contributed by atoms with van der Waals surface area (Å²) in [6.45, 7) is 6.78. The Bertz CT molecular complexity index is 366. The van der Waals surface area contributed by atoms with Crippen LogP contribution < -0.4 is 5.73 Å². The number of nitrogens with two attached hydrogens (primary N) is 1. The maximum absolute atomic E-state index is 6.48. The molecule has 0 bridgehead atoms. The van der Waals surface area contributed by atoms with Gasteiger partial charge in [0.05, 0.1) is 0 Å². The molecular formula is C16H25N. The van der Waals surface area contributed by atoms with Crippen molar-refractivity contribution in [1.82, 2.24) is 0 Å². The van der Waals surface area contributed by atoms with Crippen molar-refractivity contribution in [3.05, 3.63) is 35.4 Å². The van der Waals surface area contributed by atoms with Gasteiger partial charge in [0.15, 0.2) is 0 Å². The van der Waals surface area contributed by atoms with Crippen LogP contribution in [0.5, 0.6) is 0 Å². The van der Waals surface area contributed by atoms with Crippen molar-refractivity contribution in [3.63, 3.8) is 0 Å². The van der Waals surface area contributed by atoms with Gasteiger partial charge in [-0.2, -0.15) is 0 Å². The van der Waals surface area contributed by atoms with Crippen molar-refractivity contribution in [1.29, 1.82) is 0 Å². The molecule has 1 aliphatic rings. The molecule has 0 radical (unpaired) electrons. The van der Waals surface area contributed by atoms with Crippen molar-refractivity contribution in [3.8, 4) is 0 Å². The third kappa shape index (κ3) is 3.10. The van der Waals surface area contributed by atoms with E-state index in [4.69, 9.17) is 5.73 Å². The molecule has 1 nitrogen and oxygen atoms in total. The lowest BCUT2D eigenvalue weighted by Gasteiger charge is -2.24. The van der Waals surface area contributed by atoms with Crippen molar-refractivity contribution >= 4 is 0 Å². The van der Waals surface area contributed by atoms with Crippen LogP contribution in [0.3, 0.4) is 0 Å². The van der Waals surface area contributed by atoms with Gasteiger partial charge in [-0.1, -0.05) is 45.0 Å². The number of rotatable bonds is 3. The molecule has 94 valence electrons. The summed E-state index contributed by atoms with van der Waals surface area (Å²) in [4.78, 5) is 0. The molecule has 1 aromatic rings. The van der Waals surface area contributed by atoms with Crippen molar-refractivity contribution in [2.75, 3.05) is 0 Å². The molecule has 0 amide bonds. The predicted molar refractivity (Wildman–Crippen MR) is 74.2 cm³/mol. The quantitative estimate of drug-likeness (QED) is 0.839. The first-order valence-corrected chi connectivity index (χ1v) is 6.86.